The monoisotopic (exact) mass is 575 g/mol. The zero-order valence-electron chi connectivity index (χ0n) is 24.7. The van der Waals surface area contributed by atoms with Crippen LogP contribution >= 0.6 is 0 Å². The number of unbranched alkanes of at least 4 members (excludes halogenated alkanes) is 3. The van der Waals surface area contributed by atoms with Crippen LogP contribution in [-0.4, -0.2) is 33.2 Å². The minimum absolute atomic E-state index is 0. The summed E-state index contributed by atoms with van der Waals surface area (Å²) in [6.07, 6.45) is 13.1. The minimum Gasteiger partial charge on any atom is -1.00 e. The van der Waals surface area contributed by atoms with Crippen LogP contribution < -0.4 is 26.8 Å². The van der Waals surface area contributed by atoms with Crippen molar-refractivity contribution in [1.82, 2.24) is 0 Å². The first kappa shape index (κ1) is 29.5. The number of methoxy groups -OCH3 is 1. The van der Waals surface area contributed by atoms with Crippen LogP contribution in [0, 0.1) is 0 Å². The van der Waals surface area contributed by atoms with Crippen molar-refractivity contribution in [2.75, 3.05) is 27.1 Å². The van der Waals surface area contributed by atoms with Gasteiger partial charge < -0.3 is 31.4 Å². The van der Waals surface area contributed by atoms with Gasteiger partial charge in [-0.05, 0) is 52.8 Å². The summed E-state index contributed by atoms with van der Waals surface area (Å²) in [7, 11) is 1.76. The molecule has 0 fully saturated rings. The van der Waals surface area contributed by atoms with Crippen molar-refractivity contribution in [3.05, 3.63) is 99.5 Å². The molecular formula is C35H42ClNO4. The van der Waals surface area contributed by atoms with Crippen LogP contribution in [0.25, 0.3) is 5.70 Å². The predicted octanol–water partition coefficient (Wildman–Crippen LogP) is 3.27. The highest BCUT2D eigenvalue weighted by atomic mass is 35.5. The molecule has 2 aromatic rings. The van der Waals surface area contributed by atoms with Crippen molar-refractivity contribution >= 4 is 5.70 Å². The van der Waals surface area contributed by atoms with Crippen LogP contribution in [0.4, 0.5) is 0 Å². The van der Waals surface area contributed by atoms with Gasteiger partial charge in [-0.1, -0.05) is 70.4 Å². The fourth-order valence-electron chi connectivity index (χ4n) is 6.37. The van der Waals surface area contributed by atoms with Gasteiger partial charge in [0.05, 0.1) is 13.7 Å². The standard InChI is InChI=1S/C35H41NO4.ClH/c1-5-6-7-8-17-38-35-30-21-36-16-15-26-19-32-33(40-22-39-32)20-28(26)34(36)29(27(30)13-14-31(35)37-4)18-24-9-11-25(12-10-24)23(2)3;/h9-14,19-21,23,35H,5-8,15-18,22H2,1-4H3;1H. The molecule has 0 saturated heterocycles. The smallest absolute Gasteiger partial charge is 0.231 e. The van der Waals surface area contributed by atoms with Crippen LogP contribution in [0.5, 0.6) is 11.5 Å². The molecule has 0 spiro atoms. The lowest BCUT2D eigenvalue weighted by Crippen LogP contribution is -3.06. The quantitative estimate of drug-likeness (QED) is 0.442. The predicted molar refractivity (Wildman–Crippen MR) is 158 cm³/mol. The topological polar surface area (TPSA) is 41.4 Å². The molecular weight excluding hydrogens is 534 g/mol. The normalized spacial score (nSPS) is 20.4. The molecule has 6 heteroatoms. The van der Waals surface area contributed by atoms with Crippen molar-refractivity contribution in [2.24, 2.45) is 0 Å². The molecule has 0 bridgehead atoms. The Balaban J connectivity index is 0.00000337. The van der Waals surface area contributed by atoms with Gasteiger partial charge in [-0.15, -0.1) is 0 Å². The Morgan fingerprint density at radius 2 is 1.78 bits per heavy atom. The summed E-state index contributed by atoms with van der Waals surface area (Å²) in [5.74, 6) is 3.11. The molecule has 2 aromatic carbocycles. The number of hydrogen-bond donors (Lipinski definition) is 1. The van der Waals surface area contributed by atoms with Crippen LogP contribution in [0.3, 0.4) is 0 Å². The first-order chi connectivity index (χ1) is 19.6. The lowest BCUT2D eigenvalue weighted by molar-refractivity contribution is -0.771. The van der Waals surface area contributed by atoms with Crippen molar-refractivity contribution in [2.45, 2.75) is 71.3 Å². The fraction of sp³-hybridized carbons (Fsp3) is 0.429. The minimum atomic E-state index is -0.183. The summed E-state index contributed by atoms with van der Waals surface area (Å²) in [5.41, 5.74) is 10.5. The Morgan fingerprint density at radius 1 is 1.00 bits per heavy atom. The van der Waals surface area contributed by atoms with Gasteiger partial charge in [0.2, 0.25) is 6.79 Å². The number of nitrogens with one attached hydrogen (secondary N) is 1. The summed E-state index contributed by atoms with van der Waals surface area (Å²) in [5, 5.41) is 0. The molecule has 0 saturated carbocycles. The molecule has 218 valence electrons. The van der Waals surface area contributed by atoms with E-state index in [1.807, 2.05) is 0 Å². The Hall–Kier alpha value is -2.99. The SMILES string of the molecule is CCCCCCOC1C(OC)=CC=C2C1=C[NH+]1CCc3cc4c(cc3C1=C2Cc1ccc(C(C)C)cc1)OCO4.[Cl-]. The van der Waals surface area contributed by atoms with Gasteiger partial charge in [0, 0.05) is 36.2 Å². The maximum absolute atomic E-state index is 6.58. The number of fused-ring (bicyclic) bond motifs is 5. The second-order valence-corrected chi connectivity index (χ2v) is 11.6. The molecule has 0 aromatic heterocycles. The molecule has 2 unspecified atom stereocenters. The zero-order valence-corrected chi connectivity index (χ0v) is 25.5. The largest absolute Gasteiger partial charge is 1.00 e. The number of rotatable bonds is 10. The van der Waals surface area contributed by atoms with Crippen LogP contribution in [-0.2, 0) is 22.3 Å². The van der Waals surface area contributed by atoms with E-state index in [1.165, 1.54) is 68.8 Å². The van der Waals surface area contributed by atoms with E-state index in [2.05, 4.69) is 75.5 Å². The number of halogens is 1. The third-order valence-electron chi connectivity index (χ3n) is 8.62. The van der Waals surface area contributed by atoms with Gasteiger partial charge in [-0.3, -0.25) is 4.90 Å². The number of ether oxygens (including phenoxy) is 4. The summed E-state index contributed by atoms with van der Waals surface area (Å²) in [6.45, 7) is 8.75. The summed E-state index contributed by atoms with van der Waals surface area (Å²) in [4.78, 5) is 1.38. The number of quaternary nitrogens is 1. The first-order valence-corrected chi connectivity index (χ1v) is 15.0. The van der Waals surface area contributed by atoms with Gasteiger partial charge >= 0.3 is 0 Å². The van der Waals surface area contributed by atoms with E-state index in [0.717, 1.165) is 49.7 Å². The molecule has 0 amide bonds. The average Bonchev–Trinajstić information content (AvgIpc) is 3.43. The maximum Gasteiger partial charge on any atom is 0.231 e. The highest BCUT2D eigenvalue weighted by molar-refractivity contribution is 5.77. The molecule has 1 N–H and O–H groups in total. The van der Waals surface area contributed by atoms with Crippen LogP contribution in [0.1, 0.15) is 74.6 Å². The number of hydrogen-bond acceptors (Lipinski definition) is 4. The molecule has 41 heavy (non-hydrogen) atoms. The van der Waals surface area contributed by atoms with Crippen LogP contribution in [0.2, 0.25) is 0 Å². The molecule has 5 nitrogen and oxygen atoms in total. The molecule has 2 atom stereocenters. The van der Waals surface area contributed by atoms with Crippen molar-refractivity contribution < 1.29 is 36.3 Å². The van der Waals surface area contributed by atoms with Gasteiger partial charge in [0.25, 0.3) is 0 Å². The van der Waals surface area contributed by atoms with E-state index in [9.17, 15) is 0 Å². The van der Waals surface area contributed by atoms with Crippen molar-refractivity contribution in [3.63, 3.8) is 0 Å². The Kier molecular flexibility index (Phi) is 9.28. The summed E-state index contributed by atoms with van der Waals surface area (Å²) < 4.78 is 24.0. The zero-order chi connectivity index (χ0) is 27.6. The Bertz CT molecular complexity index is 1390. The maximum atomic E-state index is 6.58. The molecule has 0 radical (unpaired) electrons. The highest BCUT2D eigenvalue weighted by Gasteiger charge is 2.40. The van der Waals surface area contributed by atoms with E-state index in [1.54, 1.807) is 7.11 Å². The van der Waals surface area contributed by atoms with Crippen LogP contribution in [0.15, 0.2) is 77.2 Å². The third-order valence-corrected chi connectivity index (χ3v) is 8.62. The second kappa shape index (κ2) is 12.9. The highest BCUT2D eigenvalue weighted by Crippen LogP contribution is 2.42. The number of allylic oxidation sites excluding steroid dienone is 3. The fourth-order valence-corrected chi connectivity index (χ4v) is 6.37. The van der Waals surface area contributed by atoms with E-state index in [-0.39, 0.29) is 18.5 Å². The molecule has 3 aliphatic heterocycles. The lowest BCUT2D eigenvalue weighted by Gasteiger charge is -2.36. The summed E-state index contributed by atoms with van der Waals surface area (Å²) >= 11 is 0. The van der Waals surface area contributed by atoms with Gasteiger partial charge in [0.15, 0.2) is 11.5 Å². The van der Waals surface area contributed by atoms with Crippen molar-refractivity contribution in [1.29, 1.82) is 0 Å². The van der Waals surface area contributed by atoms with Crippen molar-refractivity contribution in [3.8, 4) is 11.5 Å². The van der Waals surface area contributed by atoms with Gasteiger partial charge in [-0.2, -0.15) is 0 Å². The third kappa shape index (κ3) is 5.86. The van der Waals surface area contributed by atoms with E-state index >= 15 is 0 Å². The molecule has 6 rings (SSSR count). The molecule has 3 heterocycles. The first-order valence-electron chi connectivity index (χ1n) is 15.0. The Morgan fingerprint density at radius 3 is 2.51 bits per heavy atom. The van der Waals surface area contributed by atoms with E-state index in [4.69, 9.17) is 18.9 Å². The number of benzene rings is 2. The van der Waals surface area contributed by atoms with Gasteiger partial charge in [0.1, 0.15) is 23.8 Å². The summed E-state index contributed by atoms with van der Waals surface area (Å²) in [6, 6.07) is 13.5. The molecule has 4 aliphatic rings. The second-order valence-electron chi connectivity index (χ2n) is 11.6. The molecule has 1 aliphatic carbocycles. The lowest BCUT2D eigenvalue weighted by atomic mass is 9.79. The Labute approximate surface area is 250 Å². The average molecular weight is 576 g/mol. The van der Waals surface area contributed by atoms with E-state index < -0.39 is 0 Å². The van der Waals surface area contributed by atoms with E-state index in [0.29, 0.717) is 12.7 Å². The van der Waals surface area contributed by atoms with Gasteiger partial charge in [-0.25, -0.2) is 0 Å².